The summed E-state index contributed by atoms with van der Waals surface area (Å²) < 4.78 is 1.21. The molecule has 1 atom stereocenters. The first kappa shape index (κ1) is 15.3. The lowest BCUT2D eigenvalue weighted by Gasteiger charge is -2.36. The van der Waals surface area contributed by atoms with Gasteiger partial charge in [0.2, 0.25) is 0 Å². The van der Waals surface area contributed by atoms with Gasteiger partial charge < -0.3 is 10.6 Å². The van der Waals surface area contributed by atoms with E-state index < -0.39 is 0 Å². The Balaban J connectivity index is 1.62. The van der Waals surface area contributed by atoms with Crippen molar-refractivity contribution in [1.29, 1.82) is 0 Å². The number of nitrogens with zero attached hydrogens (tertiary/aromatic N) is 2. The number of benzene rings is 1. The molecule has 116 valence electrons. The minimum absolute atomic E-state index is 0.268. The highest BCUT2D eigenvalue weighted by molar-refractivity contribution is 9.10. The molecule has 1 saturated heterocycles. The predicted octanol–water partition coefficient (Wildman–Crippen LogP) is 3.01. The molecule has 1 unspecified atom stereocenters. The van der Waals surface area contributed by atoms with Gasteiger partial charge in [0, 0.05) is 42.7 Å². The molecule has 1 heterocycles. The highest BCUT2D eigenvalue weighted by Gasteiger charge is 2.31. The summed E-state index contributed by atoms with van der Waals surface area (Å²) in [5.41, 5.74) is 8.72. The molecular weight excluding hydrogens is 326 g/mol. The summed E-state index contributed by atoms with van der Waals surface area (Å²) in [6.07, 6.45) is 4.82. The van der Waals surface area contributed by atoms with Gasteiger partial charge in [-0.1, -0.05) is 13.0 Å². The first-order valence-corrected chi connectivity index (χ1v) is 8.99. The number of piperazine rings is 1. The predicted molar refractivity (Wildman–Crippen MR) is 92.9 cm³/mol. The molecule has 3 nitrogen and oxygen atoms in total. The van der Waals surface area contributed by atoms with Gasteiger partial charge in [-0.05, 0) is 59.3 Å². The monoisotopic (exact) mass is 351 g/mol. The Bertz CT molecular complexity index is 479. The van der Waals surface area contributed by atoms with Crippen molar-refractivity contribution in [1.82, 2.24) is 4.90 Å². The molecular formula is C17H26BrN3. The van der Waals surface area contributed by atoms with Gasteiger partial charge in [-0.2, -0.15) is 0 Å². The van der Waals surface area contributed by atoms with E-state index >= 15 is 0 Å². The Kier molecular flexibility index (Phi) is 4.87. The van der Waals surface area contributed by atoms with Crippen molar-refractivity contribution in [2.24, 2.45) is 5.73 Å². The number of halogens is 1. The van der Waals surface area contributed by atoms with E-state index in [-0.39, 0.29) is 6.04 Å². The fourth-order valence-electron chi connectivity index (χ4n) is 3.15. The number of hydrogen-bond acceptors (Lipinski definition) is 3. The summed E-state index contributed by atoms with van der Waals surface area (Å²) in [5.74, 6) is 0. The first-order valence-electron chi connectivity index (χ1n) is 8.20. The molecule has 0 spiro atoms. The lowest BCUT2D eigenvalue weighted by molar-refractivity contribution is 0.248. The fourth-order valence-corrected chi connectivity index (χ4v) is 3.83. The second kappa shape index (κ2) is 6.67. The Labute approximate surface area is 136 Å². The first-order chi connectivity index (χ1) is 10.2. The third kappa shape index (κ3) is 3.79. The zero-order valence-corrected chi connectivity index (χ0v) is 14.5. The molecule has 4 heteroatoms. The van der Waals surface area contributed by atoms with Crippen molar-refractivity contribution < 1.29 is 0 Å². The van der Waals surface area contributed by atoms with E-state index in [9.17, 15) is 0 Å². The molecule has 2 aliphatic rings. The van der Waals surface area contributed by atoms with Crippen LogP contribution in [-0.2, 0) is 6.42 Å². The van der Waals surface area contributed by atoms with Crippen LogP contribution in [0.5, 0.6) is 0 Å². The van der Waals surface area contributed by atoms with E-state index in [0.29, 0.717) is 0 Å². The molecule has 1 aromatic carbocycles. The molecule has 2 fully saturated rings. The SMILES string of the molecule is CCC(N)Cc1ccc(N2CCN(C3CC3)CC2)c(Br)c1. The molecule has 0 amide bonds. The van der Waals surface area contributed by atoms with Gasteiger partial charge in [0.15, 0.2) is 0 Å². The third-order valence-corrected chi connectivity index (χ3v) is 5.39. The summed E-state index contributed by atoms with van der Waals surface area (Å²) in [6, 6.07) is 7.91. The largest absolute Gasteiger partial charge is 0.368 e. The Morgan fingerprint density at radius 3 is 2.52 bits per heavy atom. The Morgan fingerprint density at radius 1 is 1.24 bits per heavy atom. The lowest BCUT2D eigenvalue weighted by Crippen LogP contribution is -2.47. The molecule has 2 N–H and O–H groups in total. The maximum Gasteiger partial charge on any atom is 0.0511 e. The maximum absolute atomic E-state index is 6.05. The van der Waals surface area contributed by atoms with Gasteiger partial charge >= 0.3 is 0 Å². The maximum atomic E-state index is 6.05. The fraction of sp³-hybridized carbons (Fsp3) is 0.647. The van der Waals surface area contributed by atoms with Crippen LogP contribution >= 0.6 is 15.9 Å². The molecule has 3 rings (SSSR count). The van der Waals surface area contributed by atoms with Gasteiger partial charge in [-0.15, -0.1) is 0 Å². The molecule has 0 aromatic heterocycles. The molecule has 1 aliphatic heterocycles. The van der Waals surface area contributed by atoms with Gasteiger partial charge in [0.05, 0.1) is 5.69 Å². The van der Waals surface area contributed by atoms with Gasteiger partial charge in [0.25, 0.3) is 0 Å². The van der Waals surface area contributed by atoms with Crippen LogP contribution in [0.15, 0.2) is 22.7 Å². The van der Waals surface area contributed by atoms with Crippen LogP contribution in [0.1, 0.15) is 31.7 Å². The average molecular weight is 352 g/mol. The van der Waals surface area contributed by atoms with Crippen molar-refractivity contribution in [2.45, 2.75) is 44.7 Å². The summed E-state index contributed by atoms with van der Waals surface area (Å²) in [7, 11) is 0. The van der Waals surface area contributed by atoms with E-state index in [4.69, 9.17) is 5.73 Å². The van der Waals surface area contributed by atoms with Crippen LogP contribution in [-0.4, -0.2) is 43.2 Å². The van der Waals surface area contributed by atoms with E-state index in [1.165, 1.54) is 41.7 Å². The van der Waals surface area contributed by atoms with Crippen LogP contribution in [0.2, 0.25) is 0 Å². The summed E-state index contributed by atoms with van der Waals surface area (Å²) in [5, 5.41) is 0. The third-order valence-electron chi connectivity index (χ3n) is 4.75. The quantitative estimate of drug-likeness (QED) is 0.884. The molecule has 0 bridgehead atoms. The normalized spacial score (nSPS) is 21.6. The molecule has 1 aromatic rings. The smallest absolute Gasteiger partial charge is 0.0511 e. The van der Waals surface area contributed by atoms with Crippen molar-refractivity contribution in [2.75, 3.05) is 31.1 Å². The van der Waals surface area contributed by atoms with Crippen molar-refractivity contribution in [3.63, 3.8) is 0 Å². The van der Waals surface area contributed by atoms with Crippen LogP contribution in [0.4, 0.5) is 5.69 Å². The number of rotatable bonds is 5. The topological polar surface area (TPSA) is 32.5 Å². The minimum Gasteiger partial charge on any atom is -0.368 e. The van der Waals surface area contributed by atoms with E-state index in [1.54, 1.807) is 0 Å². The standard InChI is InChI=1S/C17H26BrN3/c1-2-14(19)11-13-3-6-17(16(18)12-13)21-9-7-20(8-10-21)15-4-5-15/h3,6,12,14-15H,2,4-5,7-11,19H2,1H3. The summed E-state index contributed by atoms with van der Waals surface area (Å²) in [6.45, 7) is 6.85. The van der Waals surface area contributed by atoms with Crippen LogP contribution in [0.25, 0.3) is 0 Å². The van der Waals surface area contributed by atoms with Crippen molar-refractivity contribution in [3.05, 3.63) is 28.2 Å². The van der Waals surface area contributed by atoms with E-state index in [0.717, 1.165) is 32.0 Å². The highest BCUT2D eigenvalue weighted by atomic mass is 79.9. The van der Waals surface area contributed by atoms with Gasteiger partial charge in [-0.3, -0.25) is 4.90 Å². The van der Waals surface area contributed by atoms with Crippen LogP contribution < -0.4 is 10.6 Å². The van der Waals surface area contributed by atoms with Crippen molar-refractivity contribution >= 4 is 21.6 Å². The second-order valence-electron chi connectivity index (χ2n) is 6.41. The van der Waals surface area contributed by atoms with E-state index in [2.05, 4.69) is 50.9 Å². The Morgan fingerprint density at radius 2 is 1.95 bits per heavy atom. The number of hydrogen-bond donors (Lipinski definition) is 1. The van der Waals surface area contributed by atoms with Gasteiger partial charge in [0.1, 0.15) is 0 Å². The second-order valence-corrected chi connectivity index (χ2v) is 7.27. The van der Waals surface area contributed by atoms with Gasteiger partial charge in [-0.25, -0.2) is 0 Å². The number of anilines is 1. The molecule has 1 aliphatic carbocycles. The summed E-state index contributed by atoms with van der Waals surface area (Å²) in [4.78, 5) is 5.16. The number of nitrogens with two attached hydrogens (primary N) is 1. The van der Waals surface area contributed by atoms with E-state index in [1.807, 2.05) is 0 Å². The Hall–Kier alpha value is -0.580. The highest BCUT2D eigenvalue weighted by Crippen LogP contribution is 2.31. The molecule has 21 heavy (non-hydrogen) atoms. The van der Waals surface area contributed by atoms with Crippen LogP contribution in [0.3, 0.4) is 0 Å². The average Bonchev–Trinajstić information content (AvgIpc) is 3.32. The molecule has 1 saturated carbocycles. The zero-order valence-electron chi connectivity index (χ0n) is 12.9. The van der Waals surface area contributed by atoms with Crippen molar-refractivity contribution in [3.8, 4) is 0 Å². The minimum atomic E-state index is 0.268. The van der Waals surface area contributed by atoms with Crippen LogP contribution in [0, 0.1) is 0 Å². The zero-order chi connectivity index (χ0) is 14.8. The lowest BCUT2D eigenvalue weighted by atomic mass is 10.0. The summed E-state index contributed by atoms with van der Waals surface area (Å²) >= 11 is 3.75. The molecule has 0 radical (unpaired) electrons.